The van der Waals surface area contributed by atoms with E-state index < -0.39 is 11.7 Å². The van der Waals surface area contributed by atoms with Gasteiger partial charge in [0.2, 0.25) is 5.95 Å². The van der Waals surface area contributed by atoms with Gasteiger partial charge in [0.05, 0.1) is 28.4 Å². The second-order valence-electron chi connectivity index (χ2n) is 6.96. The van der Waals surface area contributed by atoms with Crippen LogP contribution in [-0.2, 0) is 6.42 Å². The zero-order valence-electron chi connectivity index (χ0n) is 17.2. The smallest absolute Gasteiger partial charge is 0.226 e. The summed E-state index contributed by atoms with van der Waals surface area (Å²) < 4.78 is 14.8. The molecule has 4 aromatic heterocycles. The third kappa shape index (κ3) is 4.20. The maximum absolute atomic E-state index is 14.8. The molecule has 31 heavy (non-hydrogen) atoms. The van der Waals surface area contributed by atoms with Crippen LogP contribution in [0.5, 0.6) is 0 Å². The van der Waals surface area contributed by atoms with Crippen LogP contribution < -0.4 is 10.6 Å². The Bertz CT molecular complexity index is 1220. The summed E-state index contributed by atoms with van der Waals surface area (Å²) in [7, 11) is 0. The van der Waals surface area contributed by atoms with Crippen molar-refractivity contribution in [3.8, 4) is 0 Å². The fraction of sp³-hybridized carbons (Fsp3) is 0.227. The van der Waals surface area contributed by atoms with Crippen molar-refractivity contribution in [3.63, 3.8) is 0 Å². The third-order valence-electron chi connectivity index (χ3n) is 4.81. The Hall–Kier alpha value is -3.88. The predicted octanol–water partition coefficient (Wildman–Crippen LogP) is 4.25. The van der Waals surface area contributed by atoms with Crippen molar-refractivity contribution in [1.29, 1.82) is 0 Å². The van der Waals surface area contributed by atoms with Crippen LogP contribution in [0.4, 0.5) is 21.7 Å². The number of halogens is 1. The summed E-state index contributed by atoms with van der Waals surface area (Å²) >= 11 is 0. The number of H-pyrrole nitrogens is 1. The lowest BCUT2D eigenvalue weighted by atomic mass is 10.0. The van der Waals surface area contributed by atoms with Crippen molar-refractivity contribution in [2.45, 2.75) is 26.7 Å². The largest absolute Gasteiger partial charge is 0.369 e. The Morgan fingerprint density at radius 3 is 2.68 bits per heavy atom. The summed E-state index contributed by atoms with van der Waals surface area (Å²) in [6, 6.07) is 6.72. The molecule has 0 saturated carbocycles. The van der Waals surface area contributed by atoms with E-state index in [1.807, 2.05) is 26.0 Å². The molecular weight excluding hydrogens is 397 g/mol. The van der Waals surface area contributed by atoms with Gasteiger partial charge in [0.25, 0.3) is 0 Å². The standard InChI is InChI=1S/C22H22FN7O/c1-3-9-24-21-18-16(11-26-22(18)28-12-27-21)19(31)15-7-8-17(30-20(15)23)29-14-6-5-13(4-2)25-10-14/h5-8,10-12H,3-4,9H2,1-2H3,(H,29,30)(H2,24,26,27,28). The number of pyridine rings is 2. The van der Waals surface area contributed by atoms with E-state index in [1.54, 1.807) is 12.3 Å². The minimum atomic E-state index is -0.859. The molecule has 0 atom stereocenters. The number of nitrogens with one attached hydrogen (secondary N) is 3. The summed E-state index contributed by atoms with van der Waals surface area (Å²) in [6.45, 7) is 4.74. The average Bonchev–Trinajstić information content (AvgIpc) is 3.23. The maximum atomic E-state index is 14.8. The van der Waals surface area contributed by atoms with Gasteiger partial charge in [-0.25, -0.2) is 15.0 Å². The normalized spacial score (nSPS) is 10.9. The SMILES string of the molecule is CCCNc1ncnc2[nH]cc(C(=O)c3ccc(Nc4ccc(CC)nc4)nc3F)c12. The van der Waals surface area contributed by atoms with Gasteiger partial charge < -0.3 is 15.6 Å². The zero-order chi connectivity index (χ0) is 21.8. The van der Waals surface area contributed by atoms with Crippen molar-refractivity contribution in [3.05, 3.63) is 65.8 Å². The van der Waals surface area contributed by atoms with Crippen LogP contribution in [0.3, 0.4) is 0 Å². The van der Waals surface area contributed by atoms with E-state index in [1.165, 1.54) is 18.6 Å². The first-order valence-electron chi connectivity index (χ1n) is 10.1. The minimum Gasteiger partial charge on any atom is -0.369 e. The first-order chi connectivity index (χ1) is 15.1. The van der Waals surface area contributed by atoms with Gasteiger partial charge in [0, 0.05) is 18.4 Å². The summed E-state index contributed by atoms with van der Waals surface area (Å²) in [5.41, 5.74) is 2.31. The predicted molar refractivity (Wildman–Crippen MR) is 117 cm³/mol. The number of ketones is 1. The van der Waals surface area contributed by atoms with Crippen molar-refractivity contribution in [2.24, 2.45) is 0 Å². The van der Waals surface area contributed by atoms with Gasteiger partial charge in [-0.15, -0.1) is 0 Å². The number of aromatic nitrogens is 5. The lowest BCUT2D eigenvalue weighted by molar-refractivity contribution is 0.103. The number of carbonyl (C=O) groups excluding carboxylic acids is 1. The molecule has 158 valence electrons. The Balaban J connectivity index is 1.62. The lowest BCUT2D eigenvalue weighted by Crippen LogP contribution is -2.09. The molecule has 4 aromatic rings. The number of hydrogen-bond donors (Lipinski definition) is 3. The third-order valence-corrected chi connectivity index (χ3v) is 4.81. The summed E-state index contributed by atoms with van der Waals surface area (Å²) in [5, 5.41) is 6.71. The second-order valence-corrected chi connectivity index (χ2v) is 6.96. The quantitative estimate of drug-likeness (QED) is 0.289. The highest BCUT2D eigenvalue weighted by atomic mass is 19.1. The minimum absolute atomic E-state index is 0.129. The summed E-state index contributed by atoms with van der Waals surface area (Å²) in [6.07, 6.45) is 6.32. The molecule has 3 N–H and O–H groups in total. The van der Waals surface area contributed by atoms with Gasteiger partial charge in [-0.2, -0.15) is 4.39 Å². The molecule has 0 fully saturated rings. The molecule has 0 spiro atoms. The van der Waals surface area contributed by atoms with Gasteiger partial charge in [-0.05, 0) is 37.1 Å². The number of aryl methyl sites for hydroxylation is 1. The second kappa shape index (κ2) is 8.86. The zero-order valence-corrected chi connectivity index (χ0v) is 17.2. The molecule has 4 heterocycles. The lowest BCUT2D eigenvalue weighted by Gasteiger charge is -2.09. The Morgan fingerprint density at radius 1 is 1.10 bits per heavy atom. The molecule has 0 bridgehead atoms. The van der Waals surface area contributed by atoms with E-state index in [-0.39, 0.29) is 16.9 Å². The molecule has 0 aliphatic heterocycles. The van der Waals surface area contributed by atoms with Crippen molar-refractivity contribution in [2.75, 3.05) is 17.2 Å². The number of rotatable bonds is 8. The van der Waals surface area contributed by atoms with Crippen LogP contribution in [0.15, 0.2) is 43.0 Å². The number of hydrogen-bond acceptors (Lipinski definition) is 7. The van der Waals surface area contributed by atoms with Crippen LogP contribution in [0.1, 0.15) is 41.9 Å². The molecule has 0 saturated heterocycles. The van der Waals surface area contributed by atoms with E-state index in [2.05, 4.69) is 35.6 Å². The molecule has 0 aliphatic carbocycles. The number of carbonyl (C=O) groups is 1. The summed E-state index contributed by atoms with van der Waals surface area (Å²) in [4.78, 5) is 32.6. The highest BCUT2D eigenvalue weighted by Gasteiger charge is 2.22. The molecular formula is C22H22FN7O. The van der Waals surface area contributed by atoms with Gasteiger partial charge >= 0.3 is 0 Å². The Kier molecular flexibility index (Phi) is 5.83. The first kappa shape index (κ1) is 20.4. The molecule has 0 aliphatic rings. The number of nitrogens with zero attached hydrogens (tertiary/aromatic N) is 4. The van der Waals surface area contributed by atoms with E-state index in [0.717, 1.165) is 18.5 Å². The molecule has 0 aromatic carbocycles. The van der Waals surface area contributed by atoms with Gasteiger partial charge in [-0.3, -0.25) is 9.78 Å². The van der Waals surface area contributed by atoms with Crippen LogP contribution in [0.2, 0.25) is 0 Å². The van der Waals surface area contributed by atoms with Gasteiger partial charge in [0.15, 0.2) is 5.78 Å². The van der Waals surface area contributed by atoms with E-state index in [4.69, 9.17) is 0 Å². The molecule has 0 unspecified atom stereocenters. The fourth-order valence-electron chi connectivity index (χ4n) is 3.19. The number of aromatic amines is 1. The average molecular weight is 419 g/mol. The maximum Gasteiger partial charge on any atom is 0.226 e. The fourth-order valence-corrected chi connectivity index (χ4v) is 3.19. The molecule has 0 amide bonds. The van der Waals surface area contributed by atoms with Crippen LogP contribution in [0.25, 0.3) is 11.0 Å². The Morgan fingerprint density at radius 2 is 1.97 bits per heavy atom. The van der Waals surface area contributed by atoms with Crippen LogP contribution in [-0.4, -0.2) is 37.2 Å². The molecule has 9 heteroatoms. The summed E-state index contributed by atoms with van der Waals surface area (Å²) in [5.74, 6) is -0.535. The number of anilines is 3. The highest BCUT2D eigenvalue weighted by Crippen LogP contribution is 2.26. The van der Waals surface area contributed by atoms with Crippen molar-refractivity contribution in [1.82, 2.24) is 24.9 Å². The van der Waals surface area contributed by atoms with E-state index in [0.29, 0.717) is 29.1 Å². The molecule has 4 rings (SSSR count). The van der Waals surface area contributed by atoms with Gasteiger partial charge in [-0.1, -0.05) is 13.8 Å². The number of fused-ring (bicyclic) bond motifs is 1. The van der Waals surface area contributed by atoms with Crippen LogP contribution in [0, 0.1) is 5.95 Å². The molecule has 0 radical (unpaired) electrons. The monoisotopic (exact) mass is 419 g/mol. The van der Waals surface area contributed by atoms with E-state index >= 15 is 0 Å². The van der Waals surface area contributed by atoms with Crippen LogP contribution >= 0.6 is 0 Å². The van der Waals surface area contributed by atoms with Crippen molar-refractivity contribution >= 4 is 34.1 Å². The van der Waals surface area contributed by atoms with Crippen molar-refractivity contribution < 1.29 is 9.18 Å². The Labute approximate surface area is 178 Å². The molecule has 8 nitrogen and oxygen atoms in total. The first-order valence-corrected chi connectivity index (χ1v) is 10.1. The highest BCUT2D eigenvalue weighted by molar-refractivity contribution is 6.18. The van der Waals surface area contributed by atoms with Gasteiger partial charge in [0.1, 0.15) is 23.6 Å². The topological polar surface area (TPSA) is 108 Å². The van der Waals surface area contributed by atoms with E-state index in [9.17, 15) is 9.18 Å².